The fourth-order valence-corrected chi connectivity index (χ4v) is 2.73. The summed E-state index contributed by atoms with van der Waals surface area (Å²) in [5.74, 6) is -5.47. The van der Waals surface area contributed by atoms with E-state index >= 15 is 0 Å². The van der Waals surface area contributed by atoms with Crippen LogP contribution < -0.4 is 33.2 Å². The van der Waals surface area contributed by atoms with Gasteiger partial charge in [0.1, 0.15) is 18.1 Å². The zero-order chi connectivity index (χ0) is 25.7. The fraction of sp³-hybridized carbons (Fsp3) is 0.684. The van der Waals surface area contributed by atoms with Gasteiger partial charge in [-0.1, -0.05) is 13.8 Å². The number of aliphatic carboxylic acids is 1. The quantitative estimate of drug-likeness (QED) is 0.110. The molecule has 0 saturated heterocycles. The van der Waals surface area contributed by atoms with Crippen molar-refractivity contribution in [2.45, 2.75) is 70.1 Å². The molecule has 5 amide bonds. The van der Waals surface area contributed by atoms with Crippen molar-refractivity contribution in [1.29, 1.82) is 0 Å². The van der Waals surface area contributed by atoms with Crippen LogP contribution in [0.2, 0.25) is 0 Å². The van der Waals surface area contributed by atoms with E-state index in [1.54, 1.807) is 0 Å². The van der Waals surface area contributed by atoms with Crippen LogP contribution in [0, 0.1) is 5.92 Å². The molecule has 0 heterocycles. The molecule has 33 heavy (non-hydrogen) atoms. The topological polar surface area (TPSA) is 257 Å². The van der Waals surface area contributed by atoms with Gasteiger partial charge >= 0.3 is 5.97 Å². The highest BCUT2D eigenvalue weighted by molar-refractivity contribution is 5.94. The summed E-state index contributed by atoms with van der Waals surface area (Å²) >= 11 is 0. The number of aliphatic hydroxyl groups excluding tert-OH is 1. The molecular formula is C19H34N6O8. The van der Waals surface area contributed by atoms with E-state index in [-0.39, 0.29) is 31.6 Å². The lowest BCUT2D eigenvalue weighted by molar-refractivity contribution is -0.143. The van der Waals surface area contributed by atoms with Gasteiger partial charge < -0.3 is 43.4 Å². The van der Waals surface area contributed by atoms with E-state index in [0.717, 1.165) is 0 Å². The second-order valence-electron chi connectivity index (χ2n) is 7.95. The van der Waals surface area contributed by atoms with Gasteiger partial charge in [-0.2, -0.15) is 0 Å². The average Bonchev–Trinajstić information content (AvgIpc) is 2.70. The first-order chi connectivity index (χ1) is 15.3. The van der Waals surface area contributed by atoms with Crippen LogP contribution in [0.1, 0.15) is 46.0 Å². The van der Waals surface area contributed by atoms with E-state index < -0.39 is 66.3 Å². The van der Waals surface area contributed by atoms with Crippen molar-refractivity contribution in [3.05, 3.63) is 0 Å². The SMILES string of the molecule is CC(C)CC(N)C(=O)NC(CCC(N)=O)C(=O)NC(CCC(N)=O)C(=O)NC(CO)C(=O)O. The van der Waals surface area contributed by atoms with Gasteiger partial charge in [0.25, 0.3) is 0 Å². The third-order valence-corrected chi connectivity index (χ3v) is 4.48. The number of nitrogens with one attached hydrogen (secondary N) is 3. The number of nitrogens with two attached hydrogens (primary N) is 3. The minimum absolute atomic E-state index is 0.0965. The fourth-order valence-electron chi connectivity index (χ4n) is 2.73. The molecule has 4 atom stereocenters. The molecule has 0 aliphatic rings. The number of carbonyl (C=O) groups is 6. The van der Waals surface area contributed by atoms with Gasteiger partial charge in [0.15, 0.2) is 0 Å². The minimum atomic E-state index is -1.65. The Morgan fingerprint density at radius 3 is 1.48 bits per heavy atom. The van der Waals surface area contributed by atoms with Crippen molar-refractivity contribution in [1.82, 2.24) is 16.0 Å². The first kappa shape index (κ1) is 29.7. The molecule has 0 radical (unpaired) electrons. The standard InChI is InChI=1S/C19H34N6O8/c1-9(2)7-10(20)16(29)23-11(3-5-14(21)27)17(30)24-12(4-6-15(22)28)18(31)25-13(8-26)19(32)33/h9-13,26H,3-8,20H2,1-2H3,(H2,21,27)(H2,22,28)(H,23,29)(H,24,30)(H,25,31)(H,32,33). The molecule has 0 spiro atoms. The Labute approximate surface area is 191 Å². The van der Waals surface area contributed by atoms with Gasteiger partial charge in [0.2, 0.25) is 29.5 Å². The Kier molecular flexibility index (Phi) is 13.3. The molecule has 0 aromatic rings. The van der Waals surface area contributed by atoms with Gasteiger partial charge in [-0.25, -0.2) is 4.79 Å². The first-order valence-corrected chi connectivity index (χ1v) is 10.3. The van der Waals surface area contributed by atoms with E-state index in [1.807, 2.05) is 19.2 Å². The summed E-state index contributed by atoms with van der Waals surface area (Å²) in [6, 6.07) is -5.29. The number of carbonyl (C=O) groups excluding carboxylic acids is 5. The van der Waals surface area contributed by atoms with E-state index in [4.69, 9.17) is 27.4 Å². The van der Waals surface area contributed by atoms with Crippen molar-refractivity contribution in [3.63, 3.8) is 0 Å². The molecule has 0 aliphatic heterocycles. The summed E-state index contributed by atoms with van der Waals surface area (Å²) in [4.78, 5) is 71.0. The highest BCUT2D eigenvalue weighted by Crippen LogP contribution is 2.06. The predicted octanol–water partition coefficient (Wildman–Crippen LogP) is -3.58. The highest BCUT2D eigenvalue weighted by atomic mass is 16.4. The summed E-state index contributed by atoms with van der Waals surface area (Å²) < 4.78 is 0. The third kappa shape index (κ3) is 12.4. The normalized spacial score (nSPS) is 14.5. The van der Waals surface area contributed by atoms with Crippen LogP contribution in [-0.4, -0.2) is 76.5 Å². The van der Waals surface area contributed by atoms with Crippen molar-refractivity contribution in [3.8, 4) is 0 Å². The Morgan fingerprint density at radius 2 is 1.15 bits per heavy atom. The Hall–Kier alpha value is -3.26. The largest absolute Gasteiger partial charge is 0.480 e. The molecule has 14 heteroatoms. The zero-order valence-electron chi connectivity index (χ0n) is 18.7. The molecule has 0 aliphatic carbocycles. The van der Waals surface area contributed by atoms with Crippen molar-refractivity contribution in [2.24, 2.45) is 23.1 Å². The number of carboxylic acid groups (broad SMARTS) is 1. The number of rotatable bonds is 16. The lowest BCUT2D eigenvalue weighted by atomic mass is 10.0. The maximum atomic E-state index is 12.8. The van der Waals surface area contributed by atoms with Crippen LogP contribution in [-0.2, 0) is 28.8 Å². The molecule has 4 unspecified atom stereocenters. The van der Waals surface area contributed by atoms with Crippen molar-refractivity contribution in [2.75, 3.05) is 6.61 Å². The monoisotopic (exact) mass is 474 g/mol. The molecular weight excluding hydrogens is 440 g/mol. The molecule has 14 nitrogen and oxygen atoms in total. The van der Waals surface area contributed by atoms with Crippen LogP contribution in [0.25, 0.3) is 0 Å². The summed E-state index contributed by atoms with van der Waals surface area (Å²) in [5.41, 5.74) is 16.0. The molecule has 0 bridgehead atoms. The maximum Gasteiger partial charge on any atom is 0.328 e. The second kappa shape index (κ2) is 14.7. The average molecular weight is 475 g/mol. The summed E-state index contributed by atoms with van der Waals surface area (Å²) in [5, 5.41) is 24.8. The van der Waals surface area contributed by atoms with Gasteiger partial charge in [0, 0.05) is 12.8 Å². The van der Waals surface area contributed by atoms with Gasteiger partial charge in [0.05, 0.1) is 12.6 Å². The minimum Gasteiger partial charge on any atom is -0.480 e. The van der Waals surface area contributed by atoms with Crippen LogP contribution >= 0.6 is 0 Å². The lowest BCUT2D eigenvalue weighted by Crippen LogP contribution is -2.57. The third-order valence-electron chi connectivity index (χ3n) is 4.48. The van der Waals surface area contributed by atoms with Gasteiger partial charge in [-0.05, 0) is 25.2 Å². The summed E-state index contributed by atoms with van der Waals surface area (Å²) in [6.45, 7) is 2.79. The van der Waals surface area contributed by atoms with E-state index in [2.05, 4.69) is 10.6 Å². The van der Waals surface area contributed by atoms with Gasteiger partial charge in [-0.15, -0.1) is 0 Å². The molecule has 0 rings (SSSR count). The first-order valence-electron chi connectivity index (χ1n) is 10.3. The maximum absolute atomic E-state index is 12.8. The molecule has 0 fully saturated rings. The molecule has 0 aromatic carbocycles. The van der Waals surface area contributed by atoms with E-state index in [1.165, 1.54) is 0 Å². The van der Waals surface area contributed by atoms with Crippen molar-refractivity contribution < 1.29 is 39.0 Å². The Morgan fingerprint density at radius 1 is 0.758 bits per heavy atom. The summed E-state index contributed by atoms with van der Waals surface area (Å²) in [7, 11) is 0. The van der Waals surface area contributed by atoms with Crippen LogP contribution in [0.3, 0.4) is 0 Å². The van der Waals surface area contributed by atoms with Crippen molar-refractivity contribution >= 4 is 35.5 Å². The van der Waals surface area contributed by atoms with E-state index in [9.17, 15) is 28.8 Å². The Balaban J connectivity index is 5.53. The number of carboxylic acids is 1. The number of hydrogen-bond acceptors (Lipinski definition) is 8. The van der Waals surface area contributed by atoms with E-state index in [0.29, 0.717) is 6.42 Å². The van der Waals surface area contributed by atoms with Crippen LogP contribution in [0.4, 0.5) is 0 Å². The smallest absolute Gasteiger partial charge is 0.328 e. The predicted molar refractivity (Wildman–Crippen MR) is 115 cm³/mol. The molecule has 0 saturated carbocycles. The highest BCUT2D eigenvalue weighted by Gasteiger charge is 2.30. The molecule has 0 aromatic heterocycles. The molecule has 11 N–H and O–H groups in total. The lowest BCUT2D eigenvalue weighted by Gasteiger charge is -2.25. The zero-order valence-corrected chi connectivity index (χ0v) is 18.7. The number of aliphatic hydroxyl groups is 1. The summed E-state index contributed by atoms with van der Waals surface area (Å²) in [6.07, 6.45) is -0.737. The molecule has 188 valence electrons. The second-order valence-corrected chi connectivity index (χ2v) is 7.95. The number of hydrogen-bond donors (Lipinski definition) is 8. The Bertz CT molecular complexity index is 729. The van der Waals surface area contributed by atoms with Crippen LogP contribution in [0.5, 0.6) is 0 Å². The number of primary amides is 2. The van der Waals surface area contributed by atoms with Gasteiger partial charge in [-0.3, -0.25) is 24.0 Å². The number of amides is 5. The van der Waals surface area contributed by atoms with Crippen LogP contribution in [0.15, 0.2) is 0 Å².